The van der Waals surface area contributed by atoms with Crippen molar-refractivity contribution in [2.24, 2.45) is 0 Å². The van der Waals surface area contributed by atoms with Gasteiger partial charge in [-0.2, -0.15) is 0 Å². The summed E-state index contributed by atoms with van der Waals surface area (Å²) < 4.78 is 13.1. The summed E-state index contributed by atoms with van der Waals surface area (Å²) in [6.07, 6.45) is 0. The van der Waals surface area contributed by atoms with E-state index in [1.54, 1.807) is 6.07 Å². The number of H-pyrrole nitrogens is 1. The van der Waals surface area contributed by atoms with Gasteiger partial charge in [-0.3, -0.25) is 5.10 Å². The van der Waals surface area contributed by atoms with Gasteiger partial charge in [0.05, 0.1) is 0 Å². The second kappa shape index (κ2) is 5.88. The molecule has 0 aliphatic heterocycles. The molecule has 0 aliphatic carbocycles. The van der Waals surface area contributed by atoms with Gasteiger partial charge in [-0.25, -0.2) is 9.37 Å². The molecule has 0 unspecified atom stereocenters. The normalized spacial score (nSPS) is 10.7. The molecule has 1 heterocycles. The van der Waals surface area contributed by atoms with Crippen LogP contribution in [-0.2, 0) is 5.75 Å². The van der Waals surface area contributed by atoms with Gasteiger partial charge < -0.3 is 0 Å². The number of thioether (sulfide) groups is 1. The molecule has 0 bridgehead atoms. The molecule has 0 atom stereocenters. The highest BCUT2D eigenvalue weighted by Crippen LogP contribution is 2.22. The molecule has 0 aliphatic rings. The van der Waals surface area contributed by atoms with Crippen molar-refractivity contribution in [3.63, 3.8) is 0 Å². The van der Waals surface area contributed by atoms with Crippen LogP contribution >= 0.6 is 11.8 Å². The first-order valence-corrected chi connectivity index (χ1v) is 7.15. The molecule has 1 N–H and O–H groups in total. The van der Waals surface area contributed by atoms with Crippen molar-refractivity contribution in [2.75, 3.05) is 0 Å². The molecule has 3 rings (SSSR count). The first-order valence-electron chi connectivity index (χ1n) is 6.16. The summed E-state index contributed by atoms with van der Waals surface area (Å²) >= 11 is 1.48. The zero-order valence-electron chi connectivity index (χ0n) is 10.6. The fourth-order valence-corrected chi connectivity index (χ4v) is 2.55. The van der Waals surface area contributed by atoms with E-state index in [1.807, 2.05) is 36.4 Å². The van der Waals surface area contributed by atoms with E-state index in [1.165, 1.54) is 23.9 Å². The van der Waals surface area contributed by atoms with Gasteiger partial charge in [0.2, 0.25) is 5.16 Å². The number of halogens is 1. The molecule has 0 amide bonds. The fraction of sp³-hybridized carbons (Fsp3) is 0.0667. The Bertz CT molecular complexity index is 697. The zero-order chi connectivity index (χ0) is 13.8. The van der Waals surface area contributed by atoms with E-state index >= 15 is 0 Å². The minimum Gasteiger partial charge on any atom is -0.258 e. The van der Waals surface area contributed by atoms with Crippen LogP contribution in [-0.4, -0.2) is 15.2 Å². The molecule has 3 aromatic rings. The minimum atomic E-state index is -0.219. The van der Waals surface area contributed by atoms with Gasteiger partial charge in [0.15, 0.2) is 5.82 Å². The number of nitrogens with zero attached hydrogens (tertiary/aromatic N) is 2. The van der Waals surface area contributed by atoms with E-state index in [2.05, 4.69) is 15.2 Å². The highest BCUT2D eigenvalue weighted by molar-refractivity contribution is 7.98. The van der Waals surface area contributed by atoms with Crippen LogP contribution in [0.5, 0.6) is 0 Å². The van der Waals surface area contributed by atoms with E-state index < -0.39 is 0 Å². The number of nitrogens with one attached hydrogen (secondary N) is 1. The number of rotatable bonds is 4. The molecule has 20 heavy (non-hydrogen) atoms. The van der Waals surface area contributed by atoms with Gasteiger partial charge in [-0.15, -0.1) is 5.10 Å². The summed E-state index contributed by atoms with van der Waals surface area (Å²) in [5, 5.41) is 7.74. The van der Waals surface area contributed by atoms with Crippen molar-refractivity contribution >= 4 is 11.8 Å². The fourth-order valence-electron chi connectivity index (χ4n) is 1.81. The van der Waals surface area contributed by atoms with Crippen LogP contribution in [0.15, 0.2) is 59.8 Å². The maximum Gasteiger partial charge on any atom is 0.209 e. The van der Waals surface area contributed by atoms with Crippen molar-refractivity contribution in [2.45, 2.75) is 10.9 Å². The third-order valence-electron chi connectivity index (χ3n) is 2.77. The van der Waals surface area contributed by atoms with E-state index in [-0.39, 0.29) is 5.82 Å². The topological polar surface area (TPSA) is 41.6 Å². The lowest BCUT2D eigenvalue weighted by atomic mass is 10.2. The molecule has 100 valence electrons. The number of hydrogen-bond acceptors (Lipinski definition) is 3. The van der Waals surface area contributed by atoms with E-state index in [9.17, 15) is 4.39 Å². The Morgan fingerprint density at radius 3 is 2.70 bits per heavy atom. The standard InChI is InChI=1S/C15H12FN3S/c16-13-8-4-5-11(9-13)10-20-15-17-14(18-19-15)12-6-2-1-3-7-12/h1-9H,10H2,(H,17,18,19). The first kappa shape index (κ1) is 12.9. The maximum atomic E-state index is 13.1. The Kier molecular flexibility index (Phi) is 3.78. The molecule has 0 spiro atoms. The maximum absolute atomic E-state index is 13.1. The molecule has 1 aromatic heterocycles. The Morgan fingerprint density at radius 2 is 1.90 bits per heavy atom. The average molecular weight is 285 g/mol. The lowest BCUT2D eigenvalue weighted by Crippen LogP contribution is -1.83. The highest BCUT2D eigenvalue weighted by atomic mass is 32.2. The van der Waals surface area contributed by atoms with Crippen LogP contribution in [0.1, 0.15) is 5.56 Å². The molecule has 0 radical (unpaired) electrons. The Balaban J connectivity index is 1.69. The van der Waals surface area contributed by atoms with Gasteiger partial charge in [-0.1, -0.05) is 54.2 Å². The van der Waals surface area contributed by atoms with E-state index in [4.69, 9.17) is 0 Å². The Morgan fingerprint density at radius 1 is 1.05 bits per heavy atom. The SMILES string of the molecule is Fc1cccc(CSc2n[nH]c(-c3ccccc3)n2)c1. The van der Waals surface area contributed by atoms with Crippen LogP contribution in [0.3, 0.4) is 0 Å². The number of hydrogen-bond donors (Lipinski definition) is 1. The van der Waals surface area contributed by atoms with Crippen molar-refractivity contribution in [1.29, 1.82) is 0 Å². The van der Waals surface area contributed by atoms with Crippen LogP contribution < -0.4 is 0 Å². The quantitative estimate of drug-likeness (QED) is 0.739. The van der Waals surface area contributed by atoms with Crippen molar-refractivity contribution in [3.05, 3.63) is 66.0 Å². The highest BCUT2D eigenvalue weighted by Gasteiger charge is 2.06. The Labute approximate surface area is 120 Å². The van der Waals surface area contributed by atoms with Gasteiger partial charge in [0, 0.05) is 11.3 Å². The van der Waals surface area contributed by atoms with Crippen LogP contribution in [0.2, 0.25) is 0 Å². The lowest BCUT2D eigenvalue weighted by Gasteiger charge is -1.98. The number of benzene rings is 2. The lowest BCUT2D eigenvalue weighted by molar-refractivity contribution is 0.626. The van der Waals surface area contributed by atoms with Gasteiger partial charge >= 0.3 is 0 Å². The van der Waals surface area contributed by atoms with Crippen molar-refractivity contribution in [1.82, 2.24) is 15.2 Å². The summed E-state index contributed by atoms with van der Waals surface area (Å²) in [5.74, 6) is 1.17. The number of aromatic nitrogens is 3. The second-order valence-corrected chi connectivity index (χ2v) is 5.19. The molecule has 2 aromatic carbocycles. The molecule has 0 saturated heterocycles. The summed E-state index contributed by atoms with van der Waals surface area (Å²) in [4.78, 5) is 4.42. The summed E-state index contributed by atoms with van der Waals surface area (Å²) in [5.41, 5.74) is 1.92. The first-order chi connectivity index (χ1) is 9.81. The average Bonchev–Trinajstić information content (AvgIpc) is 2.95. The van der Waals surface area contributed by atoms with E-state index in [0.29, 0.717) is 10.9 Å². The molecule has 5 heteroatoms. The van der Waals surface area contributed by atoms with Gasteiger partial charge in [0.25, 0.3) is 0 Å². The third kappa shape index (κ3) is 3.05. The molecule has 0 saturated carbocycles. The van der Waals surface area contributed by atoms with Crippen LogP contribution in [0.4, 0.5) is 4.39 Å². The predicted molar refractivity (Wildman–Crippen MR) is 77.8 cm³/mol. The minimum absolute atomic E-state index is 0.219. The van der Waals surface area contributed by atoms with Gasteiger partial charge in [0.1, 0.15) is 5.82 Å². The van der Waals surface area contributed by atoms with Gasteiger partial charge in [-0.05, 0) is 17.7 Å². The third-order valence-corrected chi connectivity index (χ3v) is 3.69. The smallest absolute Gasteiger partial charge is 0.209 e. The monoisotopic (exact) mass is 285 g/mol. The molecule has 0 fully saturated rings. The van der Waals surface area contributed by atoms with Crippen LogP contribution in [0, 0.1) is 5.82 Å². The largest absolute Gasteiger partial charge is 0.258 e. The van der Waals surface area contributed by atoms with Crippen LogP contribution in [0.25, 0.3) is 11.4 Å². The van der Waals surface area contributed by atoms with Crippen molar-refractivity contribution in [3.8, 4) is 11.4 Å². The van der Waals surface area contributed by atoms with E-state index in [0.717, 1.165) is 17.0 Å². The predicted octanol–water partition coefficient (Wildman–Crippen LogP) is 3.90. The molecular formula is C15H12FN3S. The van der Waals surface area contributed by atoms with Crippen molar-refractivity contribution < 1.29 is 4.39 Å². The molecule has 3 nitrogen and oxygen atoms in total. The summed E-state index contributed by atoms with van der Waals surface area (Å²) in [6.45, 7) is 0. The zero-order valence-corrected chi connectivity index (χ0v) is 11.4. The number of aromatic amines is 1. The summed E-state index contributed by atoms with van der Waals surface area (Å²) in [6, 6.07) is 16.4. The Hall–Kier alpha value is -2.14. The molecular weight excluding hydrogens is 273 g/mol. The second-order valence-electron chi connectivity index (χ2n) is 4.25. The summed E-state index contributed by atoms with van der Waals surface area (Å²) in [7, 11) is 0.